The molecule has 0 bridgehead atoms. The van der Waals surface area contributed by atoms with Crippen molar-refractivity contribution >= 4 is 17.7 Å². The lowest BCUT2D eigenvalue weighted by Gasteiger charge is -2.23. The minimum atomic E-state index is -0.934. The van der Waals surface area contributed by atoms with E-state index in [4.69, 9.17) is 15.7 Å². The molecule has 3 N–H and O–H groups in total. The van der Waals surface area contributed by atoms with Crippen molar-refractivity contribution in [1.29, 1.82) is 5.26 Å². The van der Waals surface area contributed by atoms with Gasteiger partial charge >= 0.3 is 5.97 Å². The van der Waals surface area contributed by atoms with Crippen LogP contribution < -0.4 is 11.1 Å². The summed E-state index contributed by atoms with van der Waals surface area (Å²) < 4.78 is 6.25. The second kappa shape index (κ2) is 4.13. The van der Waals surface area contributed by atoms with Gasteiger partial charge in [0.15, 0.2) is 6.04 Å². The number of aromatic nitrogens is 3. The van der Waals surface area contributed by atoms with Gasteiger partial charge in [0.2, 0.25) is 5.95 Å². The first-order valence-electron chi connectivity index (χ1n) is 4.92. The molecule has 1 aliphatic heterocycles. The van der Waals surface area contributed by atoms with Crippen LogP contribution in [0.15, 0.2) is 11.9 Å². The van der Waals surface area contributed by atoms with Gasteiger partial charge in [0.05, 0.1) is 6.61 Å². The topological polar surface area (TPSA) is 119 Å². The molecule has 8 heteroatoms. The molecule has 1 atom stereocenters. The second-order valence-corrected chi connectivity index (χ2v) is 3.26. The first kappa shape index (κ1) is 10.9. The Hall–Kier alpha value is -2.56. The molecule has 8 nitrogen and oxygen atoms in total. The molecule has 17 heavy (non-hydrogen) atoms. The Morgan fingerprint density at radius 3 is 3.24 bits per heavy atom. The fraction of sp³-hybridized carbons (Fsp3) is 0.333. The molecule has 0 fully saturated rings. The second-order valence-electron chi connectivity index (χ2n) is 3.26. The van der Waals surface area contributed by atoms with Crippen molar-refractivity contribution in [3.8, 4) is 6.07 Å². The number of esters is 1. The summed E-state index contributed by atoms with van der Waals surface area (Å²) in [5.41, 5.74) is 5.86. The van der Waals surface area contributed by atoms with Gasteiger partial charge in [-0.3, -0.25) is 4.57 Å². The summed E-state index contributed by atoms with van der Waals surface area (Å²) in [6.07, 6.45) is 1.36. The average Bonchev–Trinajstić information content (AvgIpc) is 2.77. The molecular formula is C9H10N6O2. The third-order valence-electron chi connectivity index (χ3n) is 2.29. The van der Waals surface area contributed by atoms with Gasteiger partial charge in [0.1, 0.15) is 23.8 Å². The highest BCUT2D eigenvalue weighted by Gasteiger charge is 2.33. The molecule has 88 valence electrons. The van der Waals surface area contributed by atoms with Crippen LogP contribution in [0.2, 0.25) is 0 Å². The molecule has 0 aliphatic carbocycles. The highest BCUT2D eigenvalue weighted by molar-refractivity contribution is 5.88. The van der Waals surface area contributed by atoms with E-state index in [-0.39, 0.29) is 18.0 Å². The van der Waals surface area contributed by atoms with Crippen molar-refractivity contribution in [1.82, 2.24) is 14.8 Å². The molecular weight excluding hydrogens is 224 g/mol. The molecule has 1 aromatic heterocycles. The molecule has 2 rings (SSSR count). The van der Waals surface area contributed by atoms with Crippen molar-refractivity contribution < 1.29 is 9.53 Å². The number of carbonyl (C=O) groups excluding carboxylic acids is 1. The molecule has 1 unspecified atom stereocenters. The molecule has 0 saturated carbocycles. The van der Waals surface area contributed by atoms with Gasteiger partial charge in [-0.15, -0.1) is 10.2 Å². The number of rotatable bonds is 2. The Morgan fingerprint density at radius 1 is 1.82 bits per heavy atom. The number of anilines is 1. The van der Waals surface area contributed by atoms with E-state index < -0.39 is 12.0 Å². The Morgan fingerprint density at radius 2 is 2.59 bits per heavy atom. The standard InChI is InChI=1S/C9H10N6O2/c1-2-17-8(16)6-5(3-10)7(11)15-4-12-14-9(15)13-6/h4,6H,2,11H2,1H3,(H,13,14). The van der Waals surface area contributed by atoms with Gasteiger partial charge in [-0.2, -0.15) is 5.26 Å². The van der Waals surface area contributed by atoms with Gasteiger partial charge in [-0.05, 0) is 6.92 Å². The number of nitrogens with two attached hydrogens (primary N) is 1. The minimum absolute atomic E-state index is 0.0933. The number of ether oxygens (including phenoxy) is 1. The summed E-state index contributed by atoms with van der Waals surface area (Å²) >= 11 is 0. The van der Waals surface area contributed by atoms with Crippen LogP contribution in [0.25, 0.3) is 5.82 Å². The molecule has 0 radical (unpaired) electrons. The van der Waals surface area contributed by atoms with Gasteiger partial charge < -0.3 is 15.8 Å². The summed E-state index contributed by atoms with van der Waals surface area (Å²) in [6.45, 7) is 1.91. The van der Waals surface area contributed by atoms with E-state index in [1.165, 1.54) is 10.9 Å². The van der Waals surface area contributed by atoms with Crippen LogP contribution in [0.1, 0.15) is 6.92 Å². The van der Waals surface area contributed by atoms with Gasteiger partial charge in [0.25, 0.3) is 0 Å². The van der Waals surface area contributed by atoms with Crippen LogP contribution in [0.3, 0.4) is 0 Å². The average molecular weight is 234 g/mol. The summed E-state index contributed by atoms with van der Waals surface area (Å²) in [4.78, 5) is 11.7. The van der Waals surface area contributed by atoms with Crippen LogP contribution in [-0.2, 0) is 9.53 Å². The first-order valence-corrected chi connectivity index (χ1v) is 4.92. The lowest BCUT2D eigenvalue weighted by Crippen LogP contribution is -2.39. The maximum Gasteiger partial charge on any atom is 0.334 e. The van der Waals surface area contributed by atoms with E-state index in [1.807, 2.05) is 6.07 Å². The number of hydrogen-bond acceptors (Lipinski definition) is 7. The zero-order valence-electron chi connectivity index (χ0n) is 9.04. The van der Waals surface area contributed by atoms with Crippen molar-refractivity contribution in [2.24, 2.45) is 5.73 Å². The van der Waals surface area contributed by atoms with Crippen molar-refractivity contribution in [2.75, 3.05) is 11.9 Å². The van der Waals surface area contributed by atoms with E-state index in [1.54, 1.807) is 6.92 Å². The van der Waals surface area contributed by atoms with E-state index in [2.05, 4.69) is 15.5 Å². The first-order chi connectivity index (χ1) is 8.19. The number of hydrogen-bond donors (Lipinski definition) is 2. The molecule has 0 saturated heterocycles. The van der Waals surface area contributed by atoms with Gasteiger partial charge in [-0.1, -0.05) is 0 Å². The lowest BCUT2D eigenvalue weighted by atomic mass is 10.1. The number of fused-ring (bicyclic) bond motifs is 1. The smallest absolute Gasteiger partial charge is 0.334 e. The van der Waals surface area contributed by atoms with E-state index in [0.717, 1.165) is 0 Å². The quantitative estimate of drug-likeness (QED) is 0.648. The predicted molar refractivity (Wildman–Crippen MR) is 57.1 cm³/mol. The maximum absolute atomic E-state index is 11.7. The van der Waals surface area contributed by atoms with E-state index >= 15 is 0 Å². The monoisotopic (exact) mass is 234 g/mol. The maximum atomic E-state index is 11.7. The largest absolute Gasteiger partial charge is 0.464 e. The fourth-order valence-electron chi connectivity index (χ4n) is 1.51. The summed E-state index contributed by atoms with van der Waals surface area (Å²) in [7, 11) is 0. The van der Waals surface area contributed by atoms with Crippen molar-refractivity contribution in [2.45, 2.75) is 13.0 Å². The van der Waals surface area contributed by atoms with Crippen molar-refractivity contribution in [3.63, 3.8) is 0 Å². The molecule has 0 spiro atoms. The molecule has 2 heterocycles. The fourth-order valence-corrected chi connectivity index (χ4v) is 1.51. The van der Waals surface area contributed by atoms with Gasteiger partial charge in [-0.25, -0.2) is 4.79 Å². The number of nitrogens with zero attached hydrogens (tertiary/aromatic N) is 4. The molecule has 0 aromatic carbocycles. The normalized spacial score (nSPS) is 18.0. The SMILES string of the molecule is CCOC(=O)C1Nc2nncn2C(N)=C1C#N. The minimum Gasteiger partial charge on any atom is -0.464 e. The Labute approximate surface area is 96.7 Å². The Kier molecular flexibility index (Phi) is 2.66. The third-order valence-corrected chi connectivity index (χ3v) is 2.29. The summed E-state index contributed by atoms with van der Waals surface area (Å²) in [6, 6.07) is 0.955. The number of nitrogens with one attached hydrogen (secondary N) is 1. The van der Waals surface area contributed by atoms with Crippen LogP contribution >= 0.6 is 0 Å². The third kappa shape index (κ3) is 1.67. The van der Waals surface area contributed by atoms with Crippen molar-refractivity contribution in [3.05, 3.63) is 11.9 Å². The predicted octanol–water partition coefficient (Wildman–Crippen LogP) is -0.714. The Balaban J connectivity index is 2.42. The summed E-state index contributed by atoms with van der Waals surface area (Å²) in [5, 5.41) is 19.1. The Bertz CT molecular complexity index is 526. The zero-order valence-corrected chi connectivity index (χ0v) is 9.04. The molecule has 1 aromatic rings. The molecule has 1 aliphatic rings. The van der Waals surface area contributed by atoms with Crippen LogP contribution in [0.4, 0.5) is 5.95 Å². The number of carbonyl (C=O) groups is 1. The summed E-state index contributed by atoms with van der Waals surface area (Å²) in [5.74, 6) is -0.134. The van der Waals surface area contributed by atoms with E-state index in [0.29, 0.717) is 5.95 Å². The highest BCUT2D eigenvalue weighted by Crippen LogP contribution is 2.22. The highest BCUT2D eigenvalue weighted by atomic mass is 16.5. The van der Waals surface area contributed by atoms with Crippen LogP contribution in [-0.4, -0.2) is 33.4 Å². The zero-order chi connectivity index (χ0) is 12.4. The van der Waals surface area contributed by atoms with Crippen LogP contribution in [0, 0.1) is 11.3 Å². The molecule has 0 amide bonds. The van der Waals surface area contributed by atoms with E-state index in [9.17, 15) is 4.79 Å². The number of nitriles is 1. The van der Waals surface area contributed by atoms with Crippen LogP contribution in [0.5, 0.6) is 0 Å². The lowest BCUT2D eigenvalue weighted by molar-refractivity contribution is -0.143. The van der Waals surface area contributed by atoms with Gasteiger partial charge in [0, 0.05) is 0 Å².